The summed E-state index contributed by atoms with van der Waals surface area (Å²) in [5.41, 5.74) is 0. The molecule has 0 aliphatic carbocycles. The van der Waals surface area contributed by atoms with Crippen molar-refractivity contribution in [3.63, 3.8) is 0 Å². The van der Waals surface area contributed by atoms with Gasteiger partial charge in [-0.15, -0.1) is 24.0 Å². The smallest absolute Gasteiger partial charge is 0.191 e. The molecule has 0 radical (unpaired) electrons. The van der Waals surface area contributed by atoms with Crippen molar-refractivity contribution in [2.24, 2.45) is 10.9 Å². The van der Waals surface area contributed by atoms with Crippen LogP contribution >= 0.6 is 24.0 Å². The minimum atomic E-state index is 0. The van der Waals surface area contributed by atoms with E-state index in [1.165, 1.54) is 51.9 Å². The van der Waals surface area contributed by atoms with E-state index in [0.29, 0.717) is 6.04 Å². The zero-order chi connectivity index (χ0) is 17.1. The second-order valence-corrected chi connectivity index (χ2v) is 6.94. The van der Waals surface area contributed by atoms with E-state index in [4.69, 9.17) is 0 Å². The number of rotatable bonds is 9. The van der Waals surface area contributed by atoms with Crippen LogP contribution in [0.1, 0.15) is 46.5 Å². The van der Waals surface area contributed by atoms with E-state index in [9.17, 15) is 0 Å². The summed E-state index contributed by atoms with van der Waals surface area (Å²) in [6.07, 6.45) is 5.16. The summed E-state index contributed by atoms with van der Waals surface area (Å²) < 4.78 is 0. The van der Waals surface area contributed by atoms with Crippen molar-refractivity contribution in [1.29, 1.82) is 0 Å². The predicted molar refractivity (Wildman–Crippen MR) is 117 cm³/mol. The summed E-state index contributed by atoms with van der Waals surface area (Å²) >= 11 is 0. The summed E-state index contributed by atoms with van der Waals surface area (Å²) in [6, 6.07) is 0.546. The number of unbranched alkanes of at least 4 members (excludes halogenated alkanes) is 1. The van der Waals surface area contributed by atoms with Crippen LogP contribution in [0.4, 0.5) is 0 Å². The first kappa shape index (κ1) is 23.9. The summed E-state index contributed by atoms with van der Waals surface area (Å²) in [5.74, 6) is 1.70. The fraction of sp³-hybridized carbons (Fsp3) is 0.944. The fourth-order valence-corrected chi connectivity index (χ4v) is 3.04. The number of guanidine groups is 1. The van der Waals surface area contributed by atoms with Gasteiger partial charge in [-0.05, 0) is 26.3 Å². The molecule has 0 amide bonds. The number of nitrogens with zero attached hydrogens (tertiary/aromatic N) is 3. The molecule has 0 aromatic rings. The minimum Gasteiger partial charge on any atom is -0.356 e. The van der Waals surface area contributed by atoms with Gasteiger partial charge in [-0.2, -0.15) is 0 Å². The molecule has 1 heterocycles. The monoisotopic (exact) mass is 453 g/mol. The number of halogens is 1. The van der Waals surface area contributed by atoms with Gasteiger partial charge >= 0.3 is 0 Å². The van der Waals surface area contributed by atoms with E-state index >= 15 is 0 Å². The van der Waals surface area contributed by atoms with Gasteiger partial charge in [0, 0.05) is 52.4 Å². The Morgan fingerprint density at radius 1 is 1.08 bits per heavy atom. The molecule has 2 unspecified atom stereocenters. The van der Waals surface area contributed by atoms with Crippen LogP contribution in [-0.4, -0.2) is 75.2 Å². The summed E-state index contributed by atoms with van der Waals surface area (Å²) in [6.45, 7) is 13.5. The fourth-order valence-electron chi connectivity index (χ4n) is 3.04. The molecule has 2 N–H and O–H groups in total. The first-order chi connectivity index (χ1) is 11.1. The lowest BCUT2D eigenvalue weighted by atomic mass is 9.99. The number of aliphatic imine (C=N–C) groups is 1. The first-order valence-corrected chi connectivity index (χ1v) is 9.47. The van der Waals surface area contributed by atoms with Crippen molar-refractivity contribution in [3.05, 3.63) is 0 Å². The highest BCUT2D eigenvalue weighted by Crippen LogP contribution is 2.11. The number of piperazine rings is 1. The molecule has 1 rings (SSSR count). The molecule has 0 aromatic carbocycles. The van der Waals surface area contributed by atoms with E-state index in [1.54, 1.807) is 0 Å². The third-order valence-corrected chi connectivity index (χ3v) is 5.05. The van der Waals surface area contributed by atoms with Crippen LogP contribution in [0.2, 0.25) is 0 Å². The van der Waals surface area contributed by atoms with Gasteiger partial charge < -0.3 is 15.5 Å². The van der Waals surface area contributed by atoms with E-state index in [1.807, 2.05) is 7.05 Å². The zero-order valence-electron chi connectivity index (χ0n) is 16.5. The van der Waals surface area contributed by atoms with E-state index in [-0.39, 0.29) is 24.0 Å². The molecular weight excluding hydrogens is 413 g/mol. The highest BCUT2D eigenvalue weighted by molar-refractivity contribution is 14.0. The third kappa shape index (κ3) is 9.42. The van der Waals surface area contributed by atoms with Gasteiger partial charge in [0.25, 0.3) is 0 Å². The molecule has 144 valence electrons. The summed E-state index contributed by atoms with van der Waals surface area (Å²) in [7, 11) is 4.07. The SMILES string of the molecule is CCCCC(CC)CNC(=NC)NCC(C)N1CCN(C)CC1.I. The largest absolute Gasteiger partial charge is 0.356 e. The highest BCUT2D eigenvalue weighted by Gasteiger charge is 2.19. The van der Waals surface area contributed by atoms with E-state index < -0.39 is 0 Å². The third-order valence-electron chi connectivity index (χ3n) is 5.05. The maximum absolute atomic E-state index is 4.37. The molecule has 0 aromatic heterocycles. The van der Waals surface area contributed by atoms with Crippen molar-refractivity contribution in [2.45, 2.75) is 52.5 Å². The first-order valence-electron chi connectivity index (χ1n) is 9.47. The molecule has 6 heteroatoms. The van der Waals surface area contributed by atoms with Crippen LogP contribution in [0.5, 0.6) is 0 Å². The maximum atomic E-state index is 4.37. The van der Waals surface area contributed by atoms with Crippen molar-refractivity contribution >= 4 is 29.9 Å². The molecule has 1 aliphatic heterocycles. The average molecular weight is 453 g/mol. The Labute approximate surface area is 167 Å². The van der Waals surface area contributed by atoms with Gasteiger partial charge in [-0.3, -0.25) is 9.89 Å². The van der Waals surface area contributed by atoms with Crippen LogP contribution in [0.3, 0.4) is 0 Å². The Balaban J connectivity index is 0.00000529. The van der Waals surface area contributed by atoms with Gasteiger partial charge in [-0.1, -0.05) is 33.1 Å². The second-order valence-electron chi connectivity index (χ2n) is 6.94. The molecule has 2 atom stereocenters. The predicted octanol–water partition coefficient (Wildman–Crippen LogP) is 2.62. The molecule has 0 bridgehead atoms. The lowest BCUT2D eigenvalue weighted by molar-refractivity contribution is 0.120. The van der Waals surface area contributed by atoms with E-state index in [0.717, 1.165) is 25.0 Å². The summed E-state index contributed by atoms with van der Waals surface area (Å²) in [4.78, 5) is 9.34. The normalized spacial score (nSPS) is 19.5. The van der Waals surface area contributed by atoms with Gasteiger partial charge in [-0.25, -0.2) is 0 Å². The molecule has 0 saturated carbocycles. The lowest BCUT2D eigenvalue weighted by Crippen LogP contribution is -2.52. The van der Waals surface area contributed by atoms with Gasteiger partial charge in [0.1, 0.15) is 0 Å². The van der Waals surface area contributed by atoms with Gasteiger partial charge in [0.15, 0.2) is 5.96 Å². The lowest BCUT2D eigenvalue weighted by Gasteiger charge is -2.36. The minimum absolute atomic E-state index is 0. The quantitative estimate of drug-likeness (QED) is 0.320. The van der Waals surface area contributed by atoms with Crippen LogP contribution < -0.4 is 10.6 Å². The Morgan fingerprint density at radius 2 is 1.71 bits per heavy atom. The van der Waals surface area contributed by atoms with E-state index in [2.05, 4.69) is 53.2 Å². The van der Waals surface area contributed by atoms with Crippen LogP contribution in [-0.2, 0) is 0 Å². The van der Waals surface area contributed by atoms with Gasteiger partial charge in [0.05, 0.1) is 0 Å². The number of hydrogen-bond acceptors (Lipinski definition) is 3. The van der Waals surface area contributed by atoms with Gasteiger partial charge in [0.2, 0.25) is 0 Å². The Morgan fingerprint density at radius 3 is 2.25 bits per heavy atom. The number of likely N-dealkylation sites (N-methyl/N-ethyl adjacent to an activating group) is 1. The summed E-state index contributed by atoms with van der Waals surface area (Å²) in [5, 5.41) is 7.00. The highest BCUT2D eigenvalue weighted by atomic mass is 127. The van der Waals surface area contributed by atoms with Crippen molar-refractivity contribution in [3.8, 4) is 0 Å². The molecule has 1 saturated heterocycles. The van der Waals surface area contributed by atoms with Crippen LogP contribution in [0, 0.1) is 5.92 Å². The zero-order valence-corrected chi connectivity index (χ0v) is 18.8. The molecule has 1 fully saturated rings. The second kappa shape index (κ2) is 14.1. The van der Waals surface area contributed by atoms with Crippen molar-refractivity contribution < 1.29 is 0 Å². The molecule has 24 heavy (non-hydrogen) atoms. The molecule has 0 spiro atoms. The van der Waals surface area contributed by atoms with Crippen LogP contribution in [0.15, 0.2) is 4.99 Å². The molecule has 5 nitrogen and oxygen atoms in total. The molecular formula is C18H40IN5. The van der Waals surface area contributed by atoms with Crippen molar-refractivity contribution in [2.75, 3.05) is 53.4 Å². The van der Waals surface area contributed by atoms with Crippen LogP contribution in [0.25, 0.3) is 0 Å². The Bertz CT molecular complexity index is 329. The molecule has 1 aliphatic rings. The number of hydrogen-bond donors (Lipinski definition) is 2. The van der Waals surface area contributed by atoms with Crippen molar-refractivity contribution in [1.82, 2.24) is 20.4 Å². The Hall–Kier alpha value is -0.0800. The number of nitrogens with one attached hydrogen (secondary N) is 2. The maximum Gasteiger partial charge on any atom is 0.191 e. The topological polar surface area (TPSA) is 42.9 Å². The standard InChI is InChI=1S/C18H39N5.HI/c1-6-8-9-17(7-2)15-21-18(19-4)20-14-16(3)23-12-10-22(5)11-13-23;/h16-17H,6-15H2,1-5H3,(H2,19,20,21);1H. The Kier molecular flexibility index (Phi) is 14.1. The average Bonchev–Trinajstić information content (AvgIpc) is 2.57.